The third-order valence-electron chi connectivity index (χ3n) is 11.9. The molecule has 0 spiro atoms. The molecule has 0 N–H and O–H groups in total. The minimum atomic E-state index is 0.892. The Labute approximate surface area is 362 Å². The van der Waals surface area contributed by atoms with Gasteiger partial charge in [0.15, 0.2) is 0 Å². The van der Waals surface area contributed by atoms with E-state index in [4.69, 9.17) is 4.42 Å². The van der Waals surface area contributed by atoms with Crippen LogP contribution in [-0.2, 0) is 0 Å². The van der Waals surface area contributed by atoms with Crippen LogP contribution in [0.5, 0.6) is 0 Å². The first-order valence-corrected chi connectivity index (χ1v) is 21.2. The molecule has 2 nitrogen and oxygen atoms in total. The van der Waals surface area contributed by atoms with Gasteiger partial charge in [0, 0.05) is 27.7 Å². The third-order valence-corrected chi connectivity index (χ3v) is 11.9. The molecule has 1 heterocycles. The summed E-state index contributed by atoms with van der Waals surface area (Å²) in [6.07, 6.45) is 0. The highest BCUT2D eigenvalue weighted by molar-refractivity contribution is 6.12. The molecule has 0 saturated heterocycles. The number of anilines is 3. The zero-order valence-corrected chi connectivity index (χ0v) is 34.0. The van der Waals surface area contributed by atoms with Crippen LogP contribution in [0.1, 0.15) is 0 Å². The lowest BCUT2D eigenvalue weighted by molar-refractivity contribution is 0.669. The number of nitrogens with zero attached hydrogens (tertiary/aromatic N) is 1. The molecule has 292 valence electrons. The predicted molar refractivity (Wildman–Crippen MR) is 261 cm³/mol. The summed E-state index contributed by atoms with van der Waals surface area (Å²) < 4.78 is 6.30. The molecule has 11 aromatic rings. The number of rotatable bonds is 9. The van der Waals surface area contributed by atoms with Gasteiger partial charge in [-0.3, -0.25) is 0 Å². The van der Waals surface area contributed by atoms with Gasteiger partial charge in [0.1, 0.15) is 11.2 Å². The summed E-state index contributed by atoms with van der Waals surface area (Å²) in [6, 6.07) is 89.1. The molecule has 0 aliphatic carbocycles. The maximum atomic E-state index is 6.30. The first-order chi connectivity index (χ1) is 30.8. The van der Waals surface area contributed by atoms with Crippen LogP contribution in [0.2, 0.25) is 0 Å². The molecular formula is C60H41NO. The number of hydrogen-bond acceptors (Lipinski definition) is 2. The van der Waals surface area contributed by atoms with Crippen LogP contribution in [0.3, 0.4) is 0 Å². The first kappa shape index (κ1) is 36.8. The van der Waals surface area contributed by atoms with Crippen LogP contribution in [0.25, 0.3) is 88.7 Å². The highest BCUT2D eigenvalue weighted by Crippen LogP contribution is 2.48. The molecular weight excluding hydrogens is 751 g/mol. The van der Waals surface area contributed by atoms with E-state index < -0.39 is 0 Å². The molecule has 11 rings (SSSR count). The van der Waals surface area contributed by atoms with Crippen molar-refractivity contribution in [1.82, 2.24) is 0 Å². The van der Waals surface area contributed by atoms with Gasteiger partial charge in [-0.15, -0.1) is 0 Å². The lowest BCUT2D eigenvalue weighted by Gasteiger charge is -2.30. The largest absolute Gasteiger partial charge is 0.456 e. The molecule has 2 heteroatoms. The first-order valence-electron chi connectivity index (χ1n) is 21.2. The summed E-state index contributed by atoms with van der Waals surface area (Å²) in [5, 5.41) is 2.26. The molecule has 0 aliphatic heterocycles. The summed E-state index contributed by atoms with van der Waals surface area (Å²) >= 11 is 0. The quantitative estimate of drug-likeness (QED) is 0.145. The second kappa shape index (κ2) is 16.1. The lowest BCUT2D eigenvalue weighted by Crippen LogP contribution is -2.12. The molecule has 0 radical (unpaired) electrons. The van der Waals surface area contributed by atoms with E-state index in [0.717, 1.165) is 66.8 Å². The van der Waals surface area contributed by atoms with Crippen molar-refractivity contribution in [2.75, 3.05) is 4.90 Å². The average Bonchev–Trinajstić information content (AvgIpc) is 3.75. The van der Waals surface area contributed by atoms with Gasteiger partial charge >= 0.3 is 0 Å². The van der Waals surface area contributed by atoms with Gasteiger partial charge < -0.3 is 9.32 Å². The fourth-order valence-electron chi connectivity index (χ4n) is 8.98. The van der Waals surface area contributed by atoms with E-state index in [1.165, 1.54) is 38.9 Å². The smallest absolute Gasteiger partial charge is 0.136 e. The van der Waals surface area contributed by atoms with Gasteiger partial charge in [-0.1, -0.05) is 200 Å². The van der Waals surface area contributed by atoms with Crippen molar-refractivity contribution in [3.05, 3.63) is 249 Å². The van der Waals surface area contributed by atoms with Crippen molar-refractivity contribution >= 4 is 39.0 Å². The van der Waals surface area contributed by atoms with Crippen LogP contribution in [0.4, 0.5) is 17.1 Å². The molecule has 0 bridgehead atoms. The van der Waals surface area contributed by atoms with E-state index in [1.807, 2.05) is 12.1 Å². The molecule has 0 amide bonds. The Hall–Kier alpha value is -8.20. The van der Waals surface area contributed by atoms with E-state index in [9.17, 15) is 0 Å². The average molecular weight is 792 g/mol. The molecule has 1 aromatic heterocycles. The van der Waals surface area contributed by atoms with Crippen molar-refractivity contribution in [3.63, 3.8) is 0 Å². The van der Waals surface area contributed by atoms with E-state index in [1.54, 1.807) is 0 Å². The van der Waals surface area contributed by atoms with Crippen LogP contribution in [0, 0.1) is 0 Å². The van der Waals surface area contributed by atoms with Crippen LogP contribution in [-0.4, -0.2) is 0 Å². The molecule has 0 atom stereocenters. The van der Waals surface area contributed by atoms with Crippen molar-refractivity contribution in [1.29, 1.82) is 0 Å². The Morgan fingerprint density at radius 1 is 0.274 bits per heavy atom. The molecule has 0 unspecified atom stereocenters. The van der Waals surface area contributed by atoms with Gasteiger partial charge in [-0.2, -0.15) is 0 Å². The number of hydrogen-bond donors (Lipinski definition) is 0. The Bertz CT molecular complexity index is 3310. The number of furan rings is 1. The molecule has 0 fully saturated rings. The second-order valence-corrected chi connectivity index (χ2v) is 15.6. The zero-order chi connectivity index (χ0) is 41.2. The van der Waals surface area contributed by atoms with E-state index in [0.29, 0.717) is 0 Å². The van der Waals surface area contributed by atoms with E-state index >= 15 is 0 Å². The summed E-state index contributed by atoms with van der Waals surface area (Å²) in [5.41, 5.74) is 19.0. The van der Waals surface area contributed by atoms with E-state index in [-0.39, 0.29) is 0 Å². The topological polar surface area (TPSA) is 16.4 Å². The summed E-state index contributed by atoms with van der Waals surface area (Å²) in [6.45, 7) is 0. The van der Waals surface area contributed by atoms with Gasteiger partial charge in [-0.25, -0.2) is 0 Å². The fraction of sp³-hybridized carbons (Fsp3) is 0. The van der Waals surface area contributed by atoms with Gasteiger partial charge in [0.2, 0.25) is 0 Å². The lowest BCUT2D eigenvalue weighted by atomic mass is 9.87. The molecule has 0 aliphatic rings. The van der Waals surface area contributed by atoms with Crippen LogP contribution < -0.4 is 4.90 Å². The summed E-state index contributed by atoms with van der Waals surface area (Å²) in [5.74, 6) is 0. The molecule has 10 aromatic carbocycles. The van der Waals surface area contributed by atoms with Crippen molar-refractivity contribution in [2.24, 2.45) is 0 Å². The Morgan fingerprint density at radius 2 is 0.710 bits per heavy atom. The fourth-order valence-corrected chi connectivity index (χ4v) is 8.98. The highest BCUT2D eigenvalue weighted by atomic mass is 16.3. The maximum Gasteiger partial charge on any atom is 0.136 e. The van der Waals surface area contributed by atoms with Crippen LogP contribution in [0.15, 0.2) is 253 Å². The standard InChI is InChI=1S/C60H41NO/c1-4-17-42(18-5-1)47-23-14-24-48(41-47)43-33-37-49(38-34-43)61(50-39-35-46(36-40-50)53-29-16-32-58-60(53)55-27-12-13-31-57(55)62-58)56-30-15-28-52(45-21-8-3-9-22-45)59(56)54-26-11-10-25-51(54)44-19-6-2-7-20-44/h1-41H. The number of fused-ring (bicyclic) bond motifs is 3. The highest BCUT2D eigenvalue weighted by Gasteiger charge is 2.23. The van der Waals surface area contributed by atoms with Crippen molar-refractivity contribution in [3.8, 4) is 66.8 Å². The summed E-state index contributed by atoms with van der Waals surface area (Å²) in [4.78, 5) is 2.42. The maximum absolute atomic E-state index is 6.30. The monoisotopic (exact) mass is 791 g/mol. The SMILES string of the molecule is c1ccc(-c2cccc(-c3ccc(N(c4ccc(-c5cccc6oc7ccccc7c56)cc4)c4cccc(-c5ccccc5)c4-c4ccccc4-c4ccccc4)cc3)c2)cc1. The second-order valence-electron chi connectivity index (χ2n) is 15.6. The Kier molecular flexibility index (Phi) is 9.57. The van der Waals surface area contributed by atoms with Crippen molar-refractivity contribution in [2.45, 2.75) is 0 Å². The minimum Gasteiger partial charge on any atom is -0.456 e. The summed E-state index contributed by atoms with van der Waals surface area (Å²) in [7, 11) is 0. The number of benzene rings is 10. The Balaban J connectivity index is 1.10. The Morgan fingerprint density at radius 3 is 1.39 bits per heavy atom. The minimum absolute atomic E-state index is 0.892. The van der Waals surface area contributed by atoms with Gasteiger partial charge in [0.05, 0.1) is 5.69 Å². The van der Waals surface area contributed by atoms with Crippen LogP contribution >= 0.6 is 0 Å². The third kappa shape index (κ3) is 6.84. The van der Waals surface area contributed by atoms with Gasteiger partial charge in [-0.05, 0) is 110 Å². The van der Waals surface area contributed by atoms with Crippen molar-refractivity contribution < 1.29 is 4.42 Å². The zero-order valence-electron chi connectivity index (χ0n) is 34.0. The number of para-hydroxylation sites is 1. The predicted octanol–water partition coefficient (Wildman–Crippen LogP) is 17.1. The molecule has 0 saturated carbocycles. The molecule has 62 heavy (non-hydrogen) atoms. The van der Waals surface area contributed by atoms with Gasteiger partial charge in [0.25, 0.3) is 0 Å². The normalized spacial score (nSPS) is 11.2. The van der Waals surface area contributed by atoms with E-state index in [2.05, 4.69) is 241 Å².